The molecule has 1 N–H and O–H groups in total. The number of carbonyl (C=O) groups is 1. The highest BCUT2D eigenvalue weighted by Gasteiger charge is 2.06. The zero-order chi connectivity index (χ0) is 16.7. The number of hydrazone groups is 1. The van der Waals surface area contributed by atoms with E-state index >= 15 is 0 Å². The standard InChI is InChI=1S/C17H17BrN2O3/c1-12(15-5-3-4-6-16(15)22-2)19-20-17(21)11-23-14-9-7-13(18)8-10-14/h3-10H,11H2,1-2H3,(H,20,21)/b19-12-. The molecule has 0 bridgehead atoms. The van der Waals surface area contributed by atoms with Crippen LogP contribution in [0.5, 0.6) is 11.5 Å². The number of para-hydroxylation sites is 1. The van der Waals surface area contributed by atoms with Crippen LogP contribution in [0, 0.1) is 0 Å². The van der Waals surface area contributed by atoms with E-state index in [0.717, 1.165) is 10.0 Å². The highest BCUT2D eigenvalue weighted by Crippen LogP contribution is 2.18. The number of hydrogen-bond acceptors (Lipinski definition) is 4. The molecule has 0 aliphatic carbocycles. The molecule has 0 radical (unpaired) electrons. The van der Waals surface area contributed by atoms with Crippen LogP contribution in [-0.2, 0) is 4.79 Å². The average Bonchev–Trinajstić information content (AvgIpc) is 2.59. The second-order valence-electron chi connectivity index (χ2n) is 4.68. The summed E-state index contributed by atoms with van der Waals surface area (Å²) in [4.78, 5) is 11.8. The van der Waals surface area contributed by atoms with Crippen LogP contribution in [0.25, 0.3) is 0 Å². The highest BCUT2D eigenvalue weighted by molar-refractivity contribution is 9.10. The summed E-state index contributed by atoms with van der Waals surface area (Å²) in [5.41, 5.74) is 3.95. The van der Waals surface area contributed by atoms with Crippen molar-refractivity contribution in [3.8, 4) is 11.5 Å². The predicted molar refractivity (Wildman–Crippen MR) is 93.0 cm³/mol. The molecule has 6 heteroatoms. The molecule has 0 aromatic heterocycles. The first-order chi connectivity index (χ1) is 11.1. The van der Waals surface area contributed by atoms with Gasteiger partial charge in [0.1, 0.15) is 11.5 Å². The van der Waals surface area contributed by atoms with Gasteiger partial charge in [-0.3, -0.25) is 4.79 Å². The summed E-state index contributed by atoms with van der Waals surface area (Å²) >= 11 is 3.34. The molecule has 0 aliphatic rings. The molecule has 23 heavy (non-hydrogen) atoms. The minimum Gasteiger partial charge on any atom is -0.496 e. The average molecular weight is 377 g/mol. The highest BCUT2D eigenvalue weighted by atomic mass is 79.9. The van der Waals surface area contributed by atoms with Gasteiger partial charge in [0.25, 0.3) is 5.91 Å². The van der Waals surface area contributed by atoms with Crippen molar-refractivity contribution in [2.24, 2.45) is 5.10 Å². The first-order valence-electron chi connectivity index (χ1n) is 6.95. The first kappa shape index (κ1) is 17.0. The Bertz CT molecular complexity index is 699. The van der Waals surface area contributed by atoms with Gasteiger partial charge in [0.15, 0.2) is 6.61 Å². The Morgan fingerprint density at radius 2 is 1.87 bits per heavy atom. The predicted octanol–water partition coefficient (Wildman–Crippen LogP) is 3.38. The zero-order valence-corrected chi connectivity index (χ0v) is 14.5. The van der Waals surface area contributed by atoms with Gasteiger partial charge in [0.05, 0.1) is 12.8 Å². The molecule has 0 unspecified atom stereocenters. The van der Waals surface area contributed by atoms with Gasteiger partial charge >= 0.3 is 0 Å². The van der Waals surface area contributed by atoms with Crippen LogP contribution in [0.15, 0.2) is 58.1 Å². The maximum absolute atomic E-state index is 11.8. The van der Waals surface area contributed by atoms with Crippen molar-refractivity contribution < 1.29 is 14.3 Å². The van der Waals surface area contributed by atoms with Gasteiger partial charge < -0.3 is 9.47 Å². The van der Waals surface area contributed by atoms with Gasteiger partial charge in [-0.2, -0.15) is 5.10 Å². The quantitative estimate of drug-likeness (QED) is 0.620. The first-order valence-corrected chi connectivity index (χ1v) is 7.74. The summed E-state index contributed by atoms with van der Waals surface area (Å²) in [6.45, 7) is 1.69. The smallest absolute Gasteiger partial charge is 0.277 e. The molecule has 0 heterocycles. The largest absolute Gasteiger partial charge is 0.496 e. The molecule has 120 valence electrons. The third-order valence-corrected chi connectivity index (χ3v) is 3.56. The second kappa shape index (κ2) is 8.33. The summed E-state index contributed by atoms with van der Waals surface area (Å²) in [7, 11) is 1.59. The molecular weight excluding hydrogens is 360 g/mol. The zero-order valence-electron chi connectivity index (χ0n) is 12.9. The van der Waals surface area contributed by atoms with Crippen LogP contribution in [0.3, 0.4) is 0 Å². The molecule has 0 saturated heterocycles. The third-order valence-electron chi connectivity index (χ3n) is 3.03. The van der Waals surface area contributed by atoms with Crippen LogP contribution in [0.1, 0.15) is 12.5 Å². The van der Waals surface area contributed by atoms with Crippen LogP contribution in [0.2, 0.25) is 0 Å². The lowest BCUT2D eigenvalue weighted by molar-refractivity contribution is -0.123. The van der Waals surface area contributed by atoms with Gasteiger partial charge in [-0.05, 0) is 43.3 Å². The summed E-state index contributed by atoms with van der Waals surface area (Å²) in [5.74, 6) is 0.991. The Kier molecular flexibility index (Phi) is 6.17. The number of nitrogens with zero attached hydrogens (tertiary/aromatic N) is 1. The third kappa shape index (κ3) is 5.10. The fraction of sp³-hybridized carbons (Fsp3) is 0.176. The topological polar surface area (TPSA) is 59.9 Å². The van der Waals surface area contributed by atoms with Crippen LogP contribution in [0.4, 0.5) is 0 Å². The van der Waals surface area contributed by atoms with Crippen LogP contribution >= 0.6 is 15.9 Å². The lowest BCUT2D eigenvalue weighted by atomic mass is 10.1. The Hall–Kier alpha value is -2.34. The molecule has 0 spiro atoms. The Balaban J connectivity index is 1.91. The molecule has 2 aromatic carbocycles. The number of hydrogen-bond donors (Lipinski definition) is 1. The SMILES string of the molecule is COc1ccccc1/C(C)=N\NC(=O)COc1ccc(Br)cc1. The van der Waals surface area contributed by atoms with Crippen molar-refractivity contribution in [2.75, 3.05) is 13.7 Å². The van der Waals surface area contributed by atoms with Gasteiger partial charge in [-0.15, -0.1) is 0 Å². The van der Waals surface area contributed by atoms with E-state index in [9.17, 15) is 4.79 Å². The van der Waals surface area contributed by atoms with E-state index in [-0.39, 0.29) is 12.5 Å². The monoisotopic (exact) mass is 376 g/mol. The Morgan fingerprint density at radius 3 is 2.57 bits per heavy atom. The maximum atomic E-state index is 11.8. The molecule has 0 saturated carbocycles. The van der Waals surface area contributed by atoms with Crippen molar-refractivity contribution in [1.82, 2.24) is 5.43 Å². The number of benzene rings is 2. The van der Waals surface area contributed by atoms with E-state index in [1.165, 1.54) is 0 Å². The van der Waals surface area contributed by atoms with E-state index in [1.54, 1.807) is 26.2 Å². The van der Waals surface area contributed by atoms with Crippen molar-refractivity contribution >= 4 is 27.5 Å². The minimum absolute atomic E-state index is 0.107. The summed E-state index contributed by atoms with van der Waals surface area (Å²) < 4.78 is 11.6. The Morgan fingerprint density at radius 1 is 1.17 bits per heavy atom. The second-order valence-corrected chi connectivity index (χ2v) is 5.59. The number of rotatable bonds is 6. The van der Waals surface area contributed by atoms with Crippen LogP contribution < -0.4 is 14.9 Å². The lowest BCUT2D eigenvalue weighted by Crippen LogP contribution is -2.25. The molecule has 0 atom stereocenters. The maximum Gasteiger partial charge on any atom is 0.277 e. The van der Waals surface area contributed by atoms with Crippen molar-refractivity contribution in [3.63, 3.8) is 0 Å². The molecule has 0 fully saturated rings. The fourth-order valence-electron chi connectivity index (χ4n) is 1.86. The van der Waals surface area contributed by atoms with Crippen molar-refractivity contribution in [2.45, 2.75) is 6.92 Å². The molecule has 1 amide bonds. The number of methoxy groups -OCH3 is 1. The summed E-state index contributed by atoms with van der Waals surface area (Å²) in [5, 5.41) is 4.08. The van der Waals surface area contributed by atoms with E-state index in [0.29, 0.717) is 17.2 Å². The fourth-order valence-corrected chi connectivity index (χ4v) is 2.13. The number of halogens is 1. The van der Waals surface area contributed by atoms with E-state index in [4.69, 9.17) is 9.47 Å². The summed E-state index contributed by atoms with van der Waals surface area (Å²) in [6.07, 6.45) is 0. The van der Waals surface area contributed by atoms with Gasteiger partial charge in [0, 0.05) is 10.0 Å². The van der Waals surface area contributed by atoms with Gasteiger partial charge in [-0.25, -0.2) is 5.43 Å². The van der Waals surface area contributed by atoms with E-state index in [1.807, 2.05) is 36.4 Å². The normalized spacial score (nSPS) is 11.0. The Labute approximate surface area is 143 Å². The lowest BCUT2D eigenvalue weighted by Gasteiger charge is -2.08. The number of ether oxygens (including phenoxy) is 2. The summed E-state index contributed by atoms with van der Waals surface area (Å²) in [6, 6.07) is 14.7. The molecular formula is C17H17BrN2O3. The van der Waals surface area contributed by atoms with Crippen molar-refractivity contribution in [1.29, 1.82) is 0 Å². The van der Waals surface area contributed by atoms with Crippen LogP contribution in [-0.4, -0.2) is 25.3 Å². The molecule has 0 aliphatic heterocycles. The van der Waals surface area contributed by atoms with Crippen molar-refractivity contribution in [3.05, 3.63) is 58.6 Å². The number of nitrogens with one attached hydrogen (secondary N) is 1. The number of amides is 1. The van der Waals surface area contributed by atoms with Gasteiger partial charge in [0.2, 0.25) is 0 Å². The molecule has 2 rings (SSSR count). The van der Waals surface area contributed by atoms with Gasteiger partial charge in [-0.1, -0.05) is 28.1 Å². The molecule has 5 nitrogen and oxygen atoms in total. The minimum atomic E-state index is -0.331. The number of carbonyl (C=O) groups excluding carboxylic acids is 1. The van der Waals surface area contributed by atoms with E-state index < -0.39 is 0 Å². The molecule has 2 aromatic rings. The van der Waals surface area contributed by atoms with E-state index in [2.05, 4.69) is 26.5 Å².